The molecule has 7 nitrogen and oxygen atoms in total. The Morgan fingerprint density at radius 3 is 2.42 bits per heavy atom. The van der Waals surface area contributed by atoms with Crippen molar-refractivity contribution in [3.8, 4) is 0 Å². The van der Waals surface area contributed by atoms with Gasteiger partial charge in [0.25, 0.3) is 0 Å². The van der Waals surface area contributed by atoms with Crippen LogP contribution in [0.2, 0.25) is 0 Å². The van der Waals surface area contributed by atoms with Gasteiger partial charge in [0, 0.05) is 20.0 Å². The summed E-state index contributed by atoms with van der Waals surface area (Å²) in [4.78, 5) is 0.203. The van der Waals surface area contributed by atoms with Gasteiger partial charge in [-0.15, -0.1) is 0 Å². The van der Waals surface area contributed by atoms with E-state index in [1.165, 1.54) is 14.1 Å². The molecule has 2 rings (SSSR count). The van der Waals surface area contributed by atoms with Crippen molar-refractivity contribution in [1.82, 2.24) is 9.03 Å². The molecule has 0 bridgehead atoms. The molecule has 1 aromatic carbocycles. The zero-order chi connectivity index (χ0) is 18.1. The number of hydrogen-bond donors (Lipinski definition) is 1. The summed E-state index contributed by atoms with van der Waals surface area (Å²) in [5.74, 6) is -0.571. The molecule has 1 N–H and O–H groups in total. The Morgan fingerprint density at radius 2 is 1.83 bits per heavy atom. The molecule has 0 amide bonds. The predicted octanol–water partition coefficient (Wildman–Crippen LogP) is 0.488. The molecule has 1 heterocycles. The fourth-order valence-electron chi connectivity index (χ4n) is 2.68. The van der Waals surface area contributed by atoms with Crippen LogP contribution in [0, 0.1) is 19.8 Å². The van der Waals surface area contributed by atoms with Crippen LogP contribution in [0.3, 0.4) is 0 Å². The second kappa shape index (κ2) is 7.09. The molecule has 2 atom stereocenters. The van der Waals surface area contributed by atoms with Gasteiger partial charge < -0.3 is 4.74 Å². The number of rotatable bonds is 6. The standard InChI is InChI=1S/C15H24N2O5S2/c1-11-5-6-15(12(2)7-11)24(20,21)16-14-9-22-8-13(14)10-23(18,19)17(3)4/h5-7,13-14,16H,8-10H2,1-4H3. The molecule has 0 saturated carbocycles. The van der Waals surface area contributed by atoms with E-state index in [0.717, 1.165) is 9.87 Å². The Labute approximate surface area is 144 Å². The van der Waals surface area contributed by atoms with E-state index in [2.05, 4.69) is 4.72 Å². The maximum Gasteiger partial charge on any atom is 0.241 e. The fraction of sp³-hybridized carbons (Fsp3) is 0.600. The summed E-state index contributed by atoms with van der Waals surface area (Å²) >= 11 is 0. The van der Waals surface area contributed by atoms with Crippen molar-refractivity contribution in [2.45, 2.75) is 24.8 Å². The van der Waals surface area contributed by atoms with Crippen molar-refractivity contribution < 1.29 is 21.6 Å². The van der Waals surface area contributed by atoms with Gasteiger partial charge in [-0.25, -0.2) is 25.9 Å². The number of aryl methyl sites for hydroxylation is 2. The van der Waals surface area contributed by atoms with Crippen LogP contribution in [-0.2, 0) is 24.8 Å². The normalized spacial score (nSPS) is 22.2. The van der Waals surface area contributed by atoms with E-state index in [1.54, 1.807) is 25.1 Å². The van der Waals surface area contributed by atoms with E-state index in [1.807, 2.05) is 6.92 Å². The molecule has 1 aliphatic heterocycles. The summed E-state index contributed by atoms with van der Waals surface area (Å²) < 4.78 is 58.4. The third kappa shape index (κ3) is 4.34. The van der Waals surface area contributed by atoms with Gasteiger partial charge in [0.1, 0.15) is 0 Å². The van der Waals surface area contributed by atoms with Crippen molar-refractivity contribution in [2.75, 3.05) is 33.1 Å². The van der Waals surface area contributed by atoms with Crippen LogP contribution in [0.4, 0.5) is 0 Å². The van der Waals surface area contributed by atoms with Gasteiger partial charge >= 0.3 is 0 Å². The molecule has 0 spiro atoms. The lowest BCUT2D eigenvalue weighted by atomic mass is 10.1. The summed E-state index contributed by atoms with van der Waals surface area (Å²) in [7, 11) is -4.25. The summed E-state index contributed by atoms with van der Waals surface area (Å²) in [6.45, 7) is 4.01. The van der Waals surface area contributed by atoms with Crippen molar-refractivity contribution in [3.05, 3.63) is 29.3 Å². The molecule has 0 aromatic heterocycles. The highest BCUT2D eigenvalue weighted by Crippen LogP contribution is 2.22. The van der Waals surface area contributed by atoms with Crippen LogP contribution in [0.5, 0.6) is 0 Å². The topological polar surface area (TPSA) is 92.8 Å². The Balaban J connectivity index is 2.19. The Bertz CT molecular complexity index is 803. The van der Waals surface area contributed by atoms with Gasteiger partial charge in [-0.2, -0.15) is 0 Å². The molecule has 0 aliphatic carbocycles. The lowest BCUT2D eigenvalue weighted by Gasteiger charge is -2.21. The van der Waals surface area contributed by atoms with E-state index >= 15 is 0 Å². The Morgan fingerprint density at radius 1 is 1.17 bits per heavy atom. The molecule has 136 valence electrons. The largest absolute Gasteiger partial charge is 0.379 e. The molecule has 1 aliphatic rings. The third-order valence-corrected chi connectivity index (χ3v) is 7.72. The van der Waals surface area contributed by atoms with Gasteiger partial charge in [-0.05, 0) is 25.5 Å². The summed E-state index contributed by atoms with van der Waals surface area (Å²) in [5.41, 5.74) is 1.63. The second-order valence-corrected chi connectivity index (χ2v) is 10.3. The van der Waals surface area contributed by atoms with Crippen molar-refractivity contribution in [2.24, 2.45) is 5.92 Å². The minimum absolute atomic E-state index is 0.153. The maximum absolute atomic E-state index is 12.6. The SMILES string of the molecule is Cc1ccc(S(=O)(=O)NC2COCC2CS(=O)(=O)N(C)C)c(C)c1. The maximum atomic E-state index is 12.6. The summed E-state index contributed by atoms with van der Waals surface area (Å²) in [6.07, 6.45) is 0. The average Bonchev–Trinajstić information content (AvgIpc) is 2.83. The Hall–Kier alpha value is -1.00. The average molecular weight is 377 g/mol. The first kappa shape index (κ1) is 19.3. The number of benzene rings is 1. The number of nitrogens with zero attached hydrogens (tertiary/aromatic N) is 1. The highest BCUT2D eigenvalue weighted by atomic mass is 32.2. The fourth-order valence-corrected chi connectivity index (χ4v) is 5.36. The van der Waals surface area contributed by atoms with E-state index in [0.29, 0.717) is 5.56 Å². The zero-order valence-electron chi connectivity index (χ0n) is 14.3. The molecular formula is C15H24N2O5S2. The first-order valence-corrected chi connectivity index (χ1v) is 10.7. The third-order valence-electron chi connectivity index (χ3n) is 4.11. The molecule has 1 saturated heterocycles. The second-order valence-electron chi connectivity index (χ2n) is 6.36. The van der Waals surface area contributed by atoms with E-state index in [-0.39, 0.29) is 23.9 Å². The quantitative estimate of drug-likeness (QED) is 0.780. The van der Waals surface area contributed by atoms with E-state index < -0.39 is 32.0 Å². The number of hydrogen-bond acceptors (Lipinski definition) is 5. The first-order chi connectivity index (χ1) is 11.0. The molecule has 2 unspecified atom stereocenters. The summed E-state index contributed by atoms with van der Waals surface area (Å²) in [6, 6.07) is 4.54. The monoisotopic (exact) mass is 376 g/mol. The van der Waals surface area contributed by atoms with Crippen molar-refractivity contribution in [3.63, 3.8) is 0 Å². The van der Waals surface area contributed by atoms with Crippen LogP contribution in [-0.4, -0.2) is 60.2 Å². The predicted molar refractivity (Wildman–Crippen MR) is 91.8 cm³/mol. The van der Waals surface area contributed by atoms with Crippen LogP contribution in [0.1, 0.15) is 11.1 Å². The lowest BCUT2D eigenvalue weighted by Crippen LogP contribution is -2.43. The highest BCUT2D eigenvalue weighted by molar-refractivity contribution is 7.89. The minimum atomic E-state index is -3.74. The first-order valence-electron chi connectivity index (χ1n) is 7.60. The molecule has 1 fully saturated rings. The minimum Gasteiger partial charge on any atom is -0.379 e. The van der Waals surface area contributed by atoms with Gasteiger partial charge in [0.15, 0.2) is 0 Å². The van der Waals surface area contributed by atoms with Gasteiger partial charge in [0.2, 0.25) is 20.0 Å². The smallest absolute Gasteiger partial charge is 0.241 e. The molecule has 1 aromatic rings. The Kier molecular flexibility index (Phi) is 5.71. The van der Waals surface area contributed by atoms with Gasteiger partial charge in [-0.3, -0.25) is 0 Å². The molecule has 0 radical (unpaired) electrons. The molecule has 9 heteroatoms. The van der Waals surface area contributed by atoms with Gasteiger partial charge in [0.05, 0.1) is 29.9 Å². The molecule has 24 heavy (non-hydrogen) atoms. The van der Waals surface area contributed by atoms with E-state index in [9.17, 15) is 16.8 Å². The number of nitrogens with one attached hydrogen (secondary N) is 1. The van der Waals surface area contributed by atoms with Gasteiger partial charge in [-0.1, -0.05) is 17.7 Å². The highest BCUT2D eigenvalue weighted by Gasteiger charge is 2.36. The summed E-state index contributed by atoms with van der Waals surface area (Å²) in [5, 5.41) is 0. The van der Waals surface area contributed by atoms with Crippen LogP contribution in [0.25, 0.3) is 0 Å². The van der Waals surface area contributed by atoms with Crippen molar-refractivity contribution in [1.29, 1.82) is 0 Å². The van der Waals surface area contributed by atoms with Crippen molar-refractivity contribution >= 4 is 20.0 Å². The number of sulfonamides is 2. The van der Waals surface area contributed by atoms with Crippen LogP contribution < -0.4 is 4.72 Å². The lowest BCUT2D eigenvalue weighted by molar-refractivity contribution is 0.185. The molecular weight excluding hydrogens is 352 g/mol. The van der Waals surface area contributed by atoms with Crippen LogP contribution in [0.15, 0.2) is 23.1 Å². The van der Waals surface area contributed by atoms with Crippen LogP contribution >= 0.6 is 0 Å². The number of ether oxygens (including phenoxy) is 1. The zero-order valence-corrected chi connectivity index (χ0v) is 15.9. The van der Waals surface area contributed by atoms with E-state index in [4.69, 9.17) is 4.74 Å².